The summed E-state index contributed by atoms with van der Waals surface area (Å²) in [6.07, 6.45) is 0. The van der Waals surface area contributed by atoms with E-state index in [0.29, 0.717) is 12.3 Å². The second-order valence-electron chi connectivity index (χ2n) is 3.24. The van der Waals surface area contributed by atoms with Crippen LogP contribution in [0.3, 0.4) is 0 Å². The minimum absolute atomic E-state index is 0.197. The van der Waals surface area contributed by atoms with Crippen LogP contribution in [0.5, 0.6) is 0 Å². The Morgan fingerprint density at radius 3 is 2.56 bits per heavy atom. The van der Waals surface area contributed by atoms with Crippen molar-refractivity contribution in [3.05, 3.63) is 23.7 Å². The van der Waals surface area contributed by atoms with E-state index in [1.54, 1.807) is 19.1 Å². The van der Waals surface area contributed by atoms with Crippen LogP contribution in [-0.2, 0) is 16.1 Å². The molecule has 0 unspecified atom stereocenters. The molecule has 0 saturated carbocycles. The van der Waals surface area contributed by atoms with E-state index in [1.165, 1.54) is 0 Å². The SMILES string of the molecule is Cc1ccc(CNC(=O)C(=O)NCCN)o1. The number of carbonyl (C=O) groups excluding carboxylic acids is 2. The molecule has 0 aliphatic heterocycles. The van der Waals surface area contributed by atoms with Crippen LogP contribution in [0, 0.1) is 6.92 Å². The third kappa shape index (κ3) is 3.74. The van der Waals surface area contributed by atoms with Gasteiger partial charge in [0, 0.05) is 13.1 Å². The normalized spacial score (nSPS) is 9.88. The molecule has 0 aliphatic carbocycles. The highest BCUT2D eigenvalue weighted by Crippen LogP contribution is 2.04. The van der Waals surface area contributed by atoms with Crippen LogP contribution >= 0.6 is 0 Å². The third-order valence-electron chi connectivity index (χ3n) is 1.86. The number of aryl methyl sites for hydroxylation is 1. The second-order valence-corrected chi connectivity index (χ2v) is 3.24. The number of furan rings is 1. The minimum Gasteiger partial charge on any atom is -0.465 e. The average Bonchev–Trinajstić information content (AvgIpc) is 2.68. The first kappa shape index (κ1) is 12.3. The summed E-state index contributed by atoms with van der Waals surface area (Å²) in [5.74, 6) is -0.00876. The molecule has 0 saturated heterocycles. The van der Waals surface area contributed by atoms with Crippen molar-refractivity contribution in [2.75, 3.05) is 13.1 Å². The Labute approximate surface area is 93.2 Å². The van der Waals surface area contributed by atoms with E-state index >= 15 is 0 Å². The number of hydrogen-bond acceptors (Lipinski definition) is 4. The fourth-order valence-electron chi connectivity index (χ4n) is 1.09. The molecule has 16 heavy (non-hydrogen) atoms. The lowest BCUT2D eigenvalue weighted by Gasteiger charge is -2.03. The molecule has 0 spiro atoms. The predicted molar refractivity (Wildman–Crippen MR) is 57.4 cm³/mol. The van der Waals surface area contributed by atoms with Crippen LogP contribution in [0.1, 0.15) is 11.5 Å². The summed E-state index contributed by atoms with van der Waals surface area (Å²) in [7, 11) is 0. The van der Waals surface area contributed by atoms with Gasteiger partial charge in [0.1, 0.15) is 11.5 Å². The zero-order chi connectivity index (χ0) is 12.0. The first-order valence-corrected chi connectivity index (χ1v) is 4.95. The van der Waals surface area contributed by atoms with Gasteiger partial charge in [-0.3, -0.25) is 9.59 Å². The molecule has 4 N–H and O–H groups in total. The molecule has 0 aliphatic rings. The van der Waals surface area contributed by atoms with E-state index < -0.39 is 11.8 Å². The maximum absolute atomic E-state index is 11.2. The Bertz CT molecular complexity index is 373. The topological polar surface area (TPSA) is 97.4 Å². The maximum atomic E-state index is 11.2. The van der Waals surface area contributed by atoms with E-state index in [9.17, 15) is 9.59 Å². The lowest BCUT2D eigenvalue weighted by atomic mass is 10.4. The Balaban J connectivity index is 2.32. The van der Waals surface area contributed by atoms with E-state index in [0.717, 1.165) is 5.76 Å². The molecule has 1 rings (SSSR count). The monoisotopic (exact) mass is 225 g/mol. The van der Waals surface area contributed by atoms with Crippen LogP contribution in [0.15, 0.2) is 16.5 Å². The average molecular weight is 225 g/mol. The van der Waals surface area contributed by atoms with Crippen LogP contribution < -0.4 is 16.4 Å². The molecule has 0 aromatic carbocycles. The zero-order valence-electron chi connectivity index (χ0n) is 9.08. The fourth-order valence-corrected chi connectivity index (χ4v) is 1.09. The van der Waals surface area contributed by atoms with Gasteiger partial charge in [-0.05, 0) is 19.1 Å². The summed E-state index contributed by atoms with van der Waals surface area (Å²) in [5.41, 5.74) is 5.18. The highest BCUT2D eigenvalue weighted by Gasteiger charge is 2.12. The van der Waals surface area contributed by atoms with Crippen molar-refractivity contribution in [3.63, 3.8) is 0 Å². The first-order valence-electron chi connectivity index (χ1n) is 4.95. The van der Waals surface area contributed by atoms with Crippen molar-refractivity contribution < 1.29 is 14.0 Å². The Morgan fingerprint density at radius 1 is 1.31 bits per heavy atom. The quantitative estimate of drug-likeness (QED) is 0.589. The first-order chi connectivity index (χ1) is 7.63. The van der Waals surface area contributed by atoms with Crippen LogP contribution in [0.2, 0.25) is 0 Å². The van der Waals surface area contributed by atoms with Crippen molar-refractivity contribution in [2.45, 2.75) is 13.5 Å². The van der Waals surface area contributed by atoms with Crippen molar-refractivity contribution >= 4 is 11.8 Å². The number of amides is 2. The summed E-state index contributed by atoms with van der Waals surface area (Å²) in [5, 5.41) is 4.80. The molecule has 0 bridgehead atoms. The molecule has 1 heterocycles. The van der Waals surface area contributed by atoms with Gasteiger partial charge in [0.2, 0.25) is 0 Å². The molecule has 0 fully saturated rings. The summed E-state index contributed by atoms with van der Waals surface area (Å²) < 4.78 is 5.23. The van der Waals surface area contributed by atoms with Crippen LogP contribution in [0.4, 0.5) is 0 Å². The van der Waals surface area contributed by atoms with Crippen molar-refractivity contribution in [1.29, 1.82) is 0 Å². The Kier molecular flexibility index (Phi) is 4.53. The zero-order valence-corrected chi connectivity index (χ0v) is 9.08. The fraction of sp³-hybridized carbons (Fsp3) is 0.400. The Hall–Kier alpha value is -1.82. The molecule has 2 amide bonds. The second kappa shape index (κ2) is 5.92. The molecule has 1 aromatic rings. The Morgan fingerprint density at radius 2 is 2.00 bits per heavy atom. The summed E-state index contributed by atoms with van der Waals surface area (Å²) in [4.78, 5) is 22.3. The van der Waals surface area contributed by atoms with Gasteiger partial charge in [-0.2, -0.15) is 0 Å². The molecule has 88 valence electrons. The van der Waals surface area contributed by atoms with Gasteiger partial charge in [0.15, 0.2) is 0 Å². The van der Waals surface area contributed by atoms with Gasteiger partial charge in [0.05, 0.1) is 6.54 Å². The largest absolute Gasteiger partial charge is 0.465 e. The highest BCUT2D eigenvalue weighted by atomic mass is 16.3. The van der Waals surface area contributed by atoms with Gasteiger partial charge < -0.3 is 20.8 Å². The number of rotatable bonds is 4. The van der Waals surface area contributed by atoms with E-state index in [4.69, 9.17) is 10.2 Å². The van der Waals surface area contributed by atoms with Crippen molar-refractivity contribution in [3.8, 4) is 0 Å². The minimum atomic E-state index is -0.692. The molecule has 0 atom stereocenters. The number of nitrogens with one attached hydrogen (secondary N) is 2. The van der Waals surface area contributed by atoms with Gasteiger partial charge in [-0.1, -0.05) is 0 Å². The number of carbonyl (C=O) groups is 2. The smallest absolute Gasteiger partial charge is 0.309 e. The molecular formula is C10H15N3O3. The maximum Gasteiger partial charge on any atom is 0.309 e. The lowest BCUT2D eigenvalue weighted by molar-refractivity contribution is -0.139. The molecule has 0 radical (unpaired) electrons. The predicted octanol–water partition coefficient (Wildman–Crippen LogP) is -0.721. The molecule has 1 aromatic heterocycles. The number of hydrogen-bond donors (Lipinski definition) is 3. The molecule has 6 nitrogen and oxygen atoms in total. The number of nitrogens with two attached hydrogens (primary N) is 1. The van der Waals surface area contributed by atoms with Gasteiger partial charge in [0.25, 0.3) is 0 Å². The summed E-state index contributed by atoms with van der Waals surface area (Å²) >= 11 is 0. The molecular weight excluding hydrogens is 210 g/mol. The molecule has 6 heteroatoms. The van der Waals surface area contributed by atoms with Gasteiger partial charge in [-0.15, -0.1) is 0 Å². The van der Waals surface area contributed by atoms with Gasteiger partial charge in [-0.25, -0.2) is 0 Å². The summed E-state index contributed by atoms with van der Waals surface area (Å²) in [6.45, 7) is 2.59. The van der Waals surface area contributed by atoms with Gasteiger partial charge >= 0.3 is 11.8 Å². The lowest BCUT2D eigenvalue weighted by Crippen LogP contribution is -2.41. The van der Waals surface area contributed by atoms with E-state index in [2.05, 4.69) is 10.6 Å². The van der Waals surface area contributed by atoms with Crippen LogP contribution in [-0.4, -0.2) is 24.9 Å². The van der Waals surface area contributed by atoms with Crippen molar-refractivity contribution in [2.24, 2.45) is 5.73 Å². The summed E-state index contributed by atoms with van der Waals surface area (Å²) in [6, 6.07) is 3.53. The highest BCUT2D eigenvalue weighted by molar-refractivity contribution is 6.35. The third-order valence-corrected chi connectivity index (χ3v) is 1.86. The van der Waals surface area contributed by atoms with Crippen molar-refractivity contribution in [1.82, 2.24) is 10.6 Å². The standard InChI is InChI=1S/C10H15N3O3/c1-7-2-3-8(16-7)6-13-10(15)9(14)12-5-4-11/h2-3H,4-6,11H2,1H3,(H,12,14)(H,13,15). The van der Waals surface area contributed by atoms with E-state index in [1.807, 2.05) is 0 Å². The van der Waals surface area contributed by atoms with E-state index in [-0.39, 0.29) is 13.1 Å². The van der Waals surface area contributed by atoms with Crippen LogP contribution in [0.25, 0.3) is 0 Å².